The Morgan fingerprint density at radius 1 is 1.00 bits per heavy atom. The molecule has 1 amide bonds. The van der Waals surface area contributed by atoms with Gasteiger partial charge < -0.3 is 4.90 Å². The monoisotopic (exact) mass is 316 g/mol. The molecule has 2 heterocycles. The van der Waals surface area contributed by atoms with E-state index in [-0.39, 0.29) is 5.91 Å². The molecule has 1 fully saturated rings. The summed E-state index contributed by atoms with van der Waals surface area (Å²) in [6.07, 6.45) is 3.94. The van der Waals surface area contributed by atoms with Crippen molar-refractivity contribution in [3.63, 3.8) is 0 Å². The number of fused-ring (bicyclic) bond motifs is 1. The van der Waals surface area contributed by atoms with Crippen molar-refractivity contribution in [3.05, 3.63) is 78.0 Å². The summed E-state index contributed by atoms with van der Waals surface area (Å²) in [5.41, 5.74) is 2.83. The van der Waals surface area contributed by atoms with Crippen LogP contribution in [0.15, 0.2) is 66.9 Å². The molecule has 1 saturated heterocycles. The van der Waals surface area contributed by atoms with Crippen LogP contribution in [0.5, 0.6) is 0 Å². The fraction of sp³-hybridized carbons (Fsp3) is 0.238. The number of hydrogen-bond donors (Lipinski definition) is 0. The SMILES string of the molecule is O=C(c1cccc2cccnc12)N1CCCC(c2ccccc2)C1. The topological polar surface area (TPSA) is 33.2 Å². The van der Waals surface area contributed by atoms with Gasteiger partial charge >= 0.3 is 0 Å². The molecule has 0 bridgehead atoms. The highest BCUT2D eigenvalue weighted by Crippen LogP contribution is 2.28. The Hall–Kier alpha value is -2.68. The standard InChI is InChI=1S/C21H20N2O/c24-21(19-12-4-9-17-10-5-13-22-20(17)19)23-14-6-11-18(15-23)16-7-2-1-3-8-16/h1-5,7-10,12-13,18H,6,11,14-15H2. The average molecular weight is 316 g/mol. The number of aromatic nitrogens is 1. The maximum atomic E-state index is 13.1. The Labute approximate surface area is 141 Å². The molecular weight excluding hydrogens is 296 g/mol. The molecule has 0 aliphatic carbocycles. The van der Waals surface area contributed by atoms with Crippen molar-refractivity contribution in [3.8, 4) is 0 Å². The van der Waals surface area contributed by atoms with Crippen LogP contribution in [-0.4, -0.2) is 28.9 Å². The van der Waals surface area contributed by atoms with Crippen molar-refractivity contribution in [2.45, 2.75) is 18.8 Å². The summed E-state index contributed by atoms with van der Waals surface area (Å²) in [7, 11) is 0. The summed E-state index contributed by atoms with van der Waals surface area (Å²) in [4.78, 5) is 19.5. The van der Waals surface area contributed by atoms with E-state index in [4.69, 9.17) is 0 Å². The highest BCUT2D eigenvalue weighted by atomic mass is 16.2. The van der Waals surface area contributed by atoms with Gasteiger partial charge in [-0.25, -0.2) is 0 Å². The summed E-state index contributed by atoms with van der Waals surface area (Å²) in [6.45, 7) is 1.61. The van der Waals surface area contributed by atoms with E-state index in [1.807, 2.05) is 41.3 Å². The molecule has 1 aliphatic rings. The molecule has 1 atom stereocenters. The Bertz CT molecular complexity index is 855. The normalized spacial score (nSPS) is 17.8. The van der Waals surface area contributed by atoms with E-state index in [0.717, 1.165) is 36.8 Å². The van der Waals surface area contributed by atoms with Crippen LogP contribution in [0.3, 0.4) is 0 Å². The maximum absolute atomic E-state index is 13.1. The largest absolute Gasteiger partial charge is 0.338 e. The molecular formula is C21H20N2O. The number of para-hydroxylation sites is 1. The van der Waals surface area contributed by atoms with Gasteiger partial charge in [-0.2, -0.15) is 0 Å². The van der Waals surface area contributed by atoms with Gasteiger partial charge in [0.25, 0.3) is 5.91 Å². The van der Waals surface area contributed by atoms with Crippen molar-refractivity contribution in [2.75, 3.05) is 13.1 Å². The lowest BCUT2D eigenvalue weighted by molar-refractivity contribution is 0.0709. The first kappa shape index (κ1) is 14.9. The van der Waals surface area contributed by atoms with Crippen LogP contribution in [0.4, 0.5) is 0 Å². The predicted molar refractivity (Wildman–Crippen MR) is 96.1 cm³/mol. The van der Waals surface area contributed by atoms with E-state index in [9.17, 15) is 4.79 Å². The molecule has 1 unspecified atom stereocenters. The third-order valence-corrected chi connectivity index (χ3v) is 4.84. The number of benzene rings is 2. The Balaban J connectivity index is 1.62. The quantitative estimate of drug-likeness (QED) is 0.708. The molecule has 120 valence electrons. The van der Waals surface area contributed by atoms with Crippen molar-refractivity contribution in [2.24, 2.45) is 0 Å². The lowest BCUT2D eigenvalue weighted by Gasteiger charge is -2.33. The molecule has 1 aromatic heterocycles. The number of rotatable bonds is 2. The second kappa shape index (κ2) is 6.44. The van der Waals surface area contributed by atoms with E-state index in [2.05, 4.69) is 29.2 Å². The molecule has 0 spiro atoms. The second-order valence-corrected chi connectivity index (χ2v) is 6.38. The number of likely N-dealkylation sites (tertiary alicyclic amines) is 1. The number of pyridine rings is 1. The van der Waals surface area contributed by atoms with E-state index in [1.54, 1.807) is 6.20 Å². The van der Waals surface area contributed by atoms with Gasteiger partial charge in [-0.1, -0.05) is 48.5 Å². The number of hydrogen-bond acceptors (Lipinski definition) is 2. The van der Waals surface area contributed by atoms with Crippen LogP contribution in [0.1, 0.15) is 34.7 Å². The second-order valence-electron chi connectivity index (χ2n) is 6.38. The number of amides is 1. The fourth-order valence-electron chi connectivity index (χ4n) is 3.61. The van der Waals surface area contributed by atoms with E-state index in [1.165, 1.54) is 5.56 Å². The Morgan fingerprint density at radius 2 is 1.83 bits per heavy atom. The number of piperidine rings is 1. The zero-order chi connectivity index (χ0) is 16.4. The van der Waals surface area contributed by atoms with Gasteiger partial charge in [-0.05, 0) is 30.5 Å². The fourth-order valence-corrected chi connectivity index (χ4v) is 3.61. The van der Waals surface area contributed by atoms with E-state index < -0.39 is 0 Å². The van der Waals surface area contributed by atoms with Crippen LogP contribution < -0.4 is 0 Å². The van der Waals surface area contributed by atoms with Crippen molar-refractivity contribution >= 4 is 16.8 Å². The van der Waals surface area contributed by atoms with Gasteiger partial charge in [0.1, 0.15) is 0 Å². The Kier molecular flexibility index (Phi) is 3.99. The molecule has 0 radical (unpaired) electrons. The summed E-state index contributed by atoms with van der Waals surface area (Å²) < 4.78 is 0. The maximum Gasteiger partial charge on any atom is 0.256 e. The first-order valence-electron chi connectivity index (χ1n) is 8.51. The average Bonchev–Trinajstić information content (AvgIpc) is 2.68. The number of carbonyl (C=O) groups excluding carboxylic acids is 1. The number of carbonyl (C=O) groups is 1. The van der Waals surface area contributed by atoms with Gasteiger partial charge in [-0.3, -0.25) is 9.78 Å². The third kappa shape index (κ3) is 2.78. The van der Waals surface area contributed by atoms with Crippen LogP contribution in [0.2, 0.25) is 0 Å². The Morgan fingerprint density at radius 3 is 2.71 bits per heavy atom. The summed E-state index contributed by atoms with van der Waals surface area (Å²) in [6, 6.07) is 20.3. The van der Waals surface area contributed by atoms with Crippen molar-refractivity contribution in [1.29, 1.82) is 0 Å². The lowest BCUT2D eigenvalue weighted by atomic mass is 9.90. The summed E-state index contributed by atoms with van der Waals surface area (Å²) in [5.74, 6) is 0.520. The van der Waals surface area contributed by atoms with Crippen LogP contribution in [0, 0.1) is 0 Å². The van der Waals surface area contributed by atoms with Gasteiger partial charge in [-0.15, -0.1) is 0 Å². The minimum Gasteiger partial charge on any atom is -0.338 e. The molecule has 0 saturated carbocycles. The molecule has 1 aliphatic heterocycles. The predicted octanol–water partition coefficient (Wildman–Crippen LogP) is 4.25. The highest BCUT2D eigenvalue weighted by Gasteiger charge is 2.26. The first-order chi connectivity index (χ1) is 11.8. The molecule has 24 heavy (non-hydrogen) atoms. The molecule has 4 rings (SSSR count). The molecule has 0 N–H and O–H groups in total. The van der Waals surface area contributed by atoms with Gasteiger partial charge in [0.05, 0.1) is 11.1 Å². The zero-order valence-electron chi connectivity index (χ0n) is 13.6. The zero-order valence-corrected chi connectivity index (χ0v) is 13.6. The first-order valence-corrected chi connectivity index (χ1v) is 8.51. The van der Waals surface area contributed by atoms with Gasteiger partial charge in [0, 0.05) is 30.6 Å². The van der Waals surface area contributed by atoms with E-state index in [0.29, 0.717) is 11.5 Å². The minimum atomic E-state index is 0.0972. The van der Waals surface area contributed by atoms with Crippen molar-refractivity contribution < 1.29 is 4.79 Å². The highest BCUT2D eigenvalue weighted by molar-refractivity contribution is 6.05. The van der Waals surface area contributed by atoms with Crippen LogP contribution in [0.25, 0.3) is 10.9 Å². The summed E-state index contributed by atoms with van der Waals surface area (Å²) in [5, 5.41) is 1.01. The molecule has 3 nitrogen and oxygen atoms in total. The lowest BCUT2D eigenvalue weighted by Crippen LogP contribution is -2.39. The summed E-state index contributed by atoms with van der Waals surface area (Å²) >= 11 is 0. The molecule has 2 aromatic carbocycles. The number of nitrogens with zero attached hydrogens (tertiary/aromatic N) is 2. The van der Waals surface area contributed by atoms with Crippen LogP contribution >= 0.6 is 0 Å². The third-order valence-electron chi connectivity index (χ3n) is 4.84. The van der Waals surface area contributed by atoms with Gasteiger partial charge in [0.2, 0.25) is 0 Å². The minimum absolute atomic E-state index is 0.0972. The molecule has 3 aromatic rings. The van der Waals surface area contributed by atoms with Gasteiger partial charge in [0.15, 0.2) is 0 Å². The molecule has 3 heteroatoms. The van der Waals surface area contributed by atoms with Crippen LogP contribution in [-0.2, 0) is 0 Å². The van der Waals surface area contributed by atoms with Crippen molar-refractivity contribution in [1.82, 2.24) is 9.88 Å². The van der Waals surface area contributed by atoms with E-state index >= 15 is 0 Å². The smallest absolute Gasteiger partial charge is 0.256 e.